The van der Waals surface area contributed by atoms with Crippen molar-refractivity contribution >= 4 is 23.8 Å². The van der Waals surface area contributed by atoms with Crippen LogP contribution in [0.3, 0.4) is 0 Å². The lowest BCUT2D eigenvalue weighted by molar-refractivity contribution is 0.0600. The first-order valence-electron chi connectivity index (χ1n) is 8.95. The third kappa shape index (κ3) is 5.05. The molecular formula is C24H17FO5. The van der Waals surface area contributed by atoms with Gasteiger partial charge in [0.15, 0.2) is 5.78 Å². The van der Waals surface area contributed by atoms with Crippen molar-refractivity contribution < 1.29 is 28.2 Å². The maximum atomic E-state index is 13.6. The van der Waals surface area contributed by atoms with E-state index < -0.39 is 17.8 Å². The second-order valence-corrected chi connectivity index (χ2v) is 6.20. The summed E-state index contributed by atoms with van der Waals surface area (Å²) in [5.41, 5.74) is 1.38. The molecular weight excluding hydrogens is 387 g/mol. The Morgan fingerprint density at radius 1 is 0.800 bits per heavy atom. The van der Waals surface area contributed by atoms with Crippen molar-refractivity contribution in [2.75, 3.05) is 7.11 Å². The quantitative estimate of drug-likeness (QED) is 0.257. The molecule has 5 nitrogen and oxygen atoms in total. The van der Waals surface area contributed by atoms with E-state index in [1.54, 1.807) is 30.3 Å². The maximum absolute atomic E-state index is 13.6. The Balaban J connectivity index is 1.63. The van der Waals surface area contributed by atoms with Gasteiger partial charge in [-0.3, -0.25) is 4.79 Å². The van der Waals surface area contributed by atoms with E-state index in [2.05, 4.69) is 4.74 Å². The van der Waals surface area contributed by atoms with Crippen molar-refractivity contribution in [3.63, 3.8) is 0 Å². The summed E-state index contributed by atoms with van der Waals surface area (Å²) < 4.78 is 23.4. The van der Waals surface area contributed by atoms with E-state index in [1.807, 2.05) is 0 Å². The van der Waals surface area contributed by atoms with Crippen LogP contribution in [0, 0.1) is 5.82 Å². The van der Waals surface area contributed by atoms with Gasteiger partial charge < -0.3 is 9.47 Å². The summed E-state index contributed by atoms with van der Waals surface area (Å²) in [5, 5.41) is 0. The summed E-state index contributed by atoms with van der Waals surface area (Å²) >= 11 is 0. The van der Waals surface area contributed by atoms with Gasteiger partial charge in [0, 0.05) is 5.56 Å². The summed E-state index contributed by atoms with van der Waals surface area (Å²) in [5.74, 6) is -1.97. The molecule has 3 rings (SSSR count). The van der Waals surface area contributed by atoms with Crippen LogP contribution in [0.1, 0.15) is 36.6 Å². The smallest absolute Gasteiger partial charge is 0.346 e. The topological polar surface area (TPSA) is 69.7 Å². The van der Waals surface area contributed by atoms with Crippen LogP contribution in [0.2, 0.25) is 0 Å². The minimum atomic E-state index is -0.817. The molecule has 0 saturated carbocycles. The van der Waals surface area contributed by atoms with Crippen molar-refractivity contribution in [2.45, 2.75) is 0 Å². The van der Waals surface area contributed by atoms with Gasteiger partial charge in [-0.05, 0) is 60.2 Å². The summed E-state index contributed by atoms with van der Waals surface area (Å²) in [6.45, 7) is 0. The number of ketones is 1. The number of hydrogen-bond acceptors (Lipinski definition) is 5. The van der Waals surface area contributed by atoms with Crippen molar-refractivity contribution in [2.24, 2.45) is 0 Å². The predicted octanol–water partition coefficient (Wildman–Crippen LogP) is 4.73. The highest BCUT2D eigenvalue weighted by atomic mass is 19.1. The van der Waals surface area contributed by atoms with Crippen LogP contribution in [-0.2, 0) is 4.74 Å². The number of carbonyl (C=O) groups is 3. The molecule has 0 aromatic heterocycles. The van der Waals surface area contributed by atoms with Gasteiger partial charge in [0.2, 0.25) is 0 Å². The Bertz CT molecular complexity index is 1100. The summed E-state index contributed by atoms with van der Waals surface area (Å²) in [6.07, 6.45) is 3.02. The van der Waals surface area contributed by atoms with Gasteiger partial charge in [0.25, 0.3) is 0 Å². The van der Waals surface area contributed by atoms with E-state index in [0.717, 1.165) is 5.56 Å². The second kappa shape index (κ2) is 9.43. The Morgan fingerprint density at radius 3 is 2.07 bits per heavy atom. The molecule has 0 heterocycles. The zero-order valence-corrected chi connectivity index (χ0v) is 16.0. The number of carbonyl (C=O) groups excluding carboxylic acids is 3. The summed E-state index contributed by atoms with van der Waals surface area (Å²) in [6, 6.07) is 18.1. The van der Waals surface area contributed by atoms with Crippen molar-refractivity contribution in [3.8, 4) is 5.75 Å². The lowest BCUT2D eigenvalue weighted by atomic mass is 10.1. The highest BCUT2D eigenvalue weighted by Crippen LogP contribution is 2.17. The maximum Gasteiger partial charge on any atom is 0.346 e. The van der Waals surface area contributed by atoms with Crippen LogP contribution in [-0.4, -0.2) is 24.8 Å². The van der Waals surface area contributed by atoms with Gasteiger partial charge in [0.05, 0.1) is 18.2 Å². The van der Waals surface area contributed by atoms with Crippen LogP contribution >= 0.6 is 0 Å². The van der Waals surface area contributed by atoms with E-state index in [0.29, 0.717) is 11.1 Å². The third-order valence-electron chi connectivity index (χ3n) is 4.20. The molecule has 150 valence electrons. The average molecular weight is 404 g/mol. The second-order valence-electron chi connectivity index (χ2n) is 6.20. The van der Waals surface area contributed by atoms with Gasteiger partial charge in [0.1, 0.15) is 11.6 Å². The Labute approximate surface area is 172 Å². The number of rotatable bonds is 6. The highest BCUT2D eigenvalue weighted by Gasteiger charge is 2.13. The Kier molecular flexibility index (Phi) is 6.49. The predicted molar refractivity (Wildman–Crippen MR) is 109 cm³/mol. The van der Waals surface area contributed by atoms with Crippen LogP contribution in [0.15, 0.2) is 78.9 Å². The molecule has 6 heteroatoms. The molecule has 0 radical (unpaired) electrons. The fourth-order valence-corrected chi connectivity index (χ4v) is 2.59. The zero-order valence-electron chi connectivity index (χ0n) is 16.0. The fraction of sp³-hybridized carbons (Fsp3) is 0.0417. The standard InChI is InChI=1S/C24H17FO5/c1-29-23(27)18-9-6-16(7-10-18)8-15-22(26)17-11-13-19(14-12-17)30-24(28)20-4-2-3-5-21(20)25/h2-15H,1H3. The van der Waals surface area contributed by atoms with Gasteiger partial charge >= 0.3 is 11.9 Å². The minimum Gasteiger partial charge on any atom is -0.465 e. The highest BCUT2D eigenvalue weighted by molar-refractivity contribution is 6.07. The van der Waals surface area contributed by atoms with Gasteiger partial charge in [-0.25, -0.2) is 14.0 Å². The van der Waals surface area contributed by atoms with E-state index in [9.17, 15) is 18.8 Å². The Hall–Kier alpha value is -4.06. The molecule has 0 N–H and O–H groups in total. The number of halogens is 1. The van der Waals surface area contributed by atoms with Crippen molar-refractivity contribution in [1.82, 2.24) is 0 Å². The molecule has 30 heavy (non-hydrogen) atoms. The molecule has 0 atom stereocenters. The molecule has 0 aliphatic rings. The molecule has 0 fully saturated rings. The van der Waals surface area contributed by atoms with Crippen LogP contribution in [0.4, 0.5) is 4.39 Å². The largest absolute Gasteiger partial charge is 0.465 e. The SMILES string of the molecule is COC(=O)c1ccc(C=CC(=O)c2ccc(OC(=O)c3ccccc3F)cc2)cc1. The molecule has 0 aliphatic carbocycles. The number of benzene rings is 3. The number of ether oxygens (including phenoxy) is 2. The van der Waals surface area contributed by atoms with E-state index >= 15 is 0 Å². The Morgan fingerprint density at radius 2 is 1.43 bits per heavy atom. The number of hydrogen-bond donors (Lipinski definition) is 0. The first-order chi connectivity index (χ1) is 14.5. The molecule has 0 spiro atoms. The van der Waals surface area contributed by atoms with E-state index in [-0.39, 0.29) is 17.1 Å². The van der Waals surface area contributed by atoms with Crippen LogP contribution < -0.4 is 4.74 Å². The van der Waals surface area contributed by atoms with Crippen LogP contribution in [0.5, 0.6) is 5.75 Å². The van der Waals surface area contributed by atoms with Crippen LogP contribution in [0.25, 0.3) is 6.08 Å². The minimum absolute atomic E-state index is 0.168. The zero-order chi connectivity index (χ0) is 21.5. The van der Waals surface area contributed by atoms with Gasteiger partial charge in [-0.15, -0.1) is 0 Å². The molecule has 0 bridgehead atoms. The molecule has 3 aromatic rings. The first-order valence-corrected chi connectivity index (χ1v) is 8.95. The number of allylic oxidation sites excluding steroid dienone is 1. The summed E-state index contributed by atoms with van der Waals surface area (Å²) in [7, 11) is 1.31. The third-order valence-corrected chi connectivity index (χ3v) is 4.20. The fourth-order valence-electron chi connectivity index (χ4n) is 2.59. The first kappa shape index (κ1) is 20.7. The van der Waals surface area contributed by atoms with Crippen molar-refractivity contribution in [3.05, 3.63) is 107 Å². The lowest BCUT2D eigenvalue weighted by Gasteiger charge is -2.05. The van der Waals surface area contributed by atoms with Gasteiger partial charge in [-0.1, -0.05) is 30.3 Å². The van der Waals surface area contributed by atoms with E-state index in [4.69, 9.17) is 4.74 Å². The molecule has 0 unspecified atom stereocenters. The lowest BCUT2D eigenvalue weighted by Crippen LogP contribution is -2.10. The molecule has 0 amide bonds. The van der Waals surface area contributed by atoms with E-state index in [1.165, 1.54) is 61.7 Å². The number of methoxy groups -OCH3 is 1. The summed E-state index contributed by atoms with van der Waals surface area (Å²) in [4.78, 5) is 35.8. The average Bonchev–Trinajstić information content (AvgIpc) is 2.78. The molecule has 0 saturated heterocycles. The normalized spacial score (nSPS) is 10.6. The van der Waals surface area contributed by atoms with Gasteiger partial charge in [-0.2, -0.15) is 0 Å². The number of esters is 2. The molecule has 3 aromatic carbocycles. The monoisotopic (exact) mass is 404 g/mol. The van der Waals surface area contributed by atoms with Crippen molar-refractivity contribution in [1.29, 1.82) is 0 Å². The molecule has 0 aliphatic heterocycles.